The largest absolute Gasteiger partial charge is 0.466 e. The number of allylic oxidation sites excluding steroid dienone is 2. The molecule has 82 valence electrons. The van der Waals surface area contributed by atoms with Gasteiger partial charge in [0, 0.05) is 31.5 Å². The molecule has 1 heterocycles. The van der Waals surface area contributed by atoms with Crippen molar-refractivity contribution in [3.8, 4) is 0 Å². The van der Waals surface area contributed by atoms with Crippen molar-refractivity contribution >= 4 is 11.8 Å². The van der Waals surface area contributed by atoms with E-state index < -0.39 is 0 Å². The minimum absolute atomic E-state index is 0.0912. The van der Waals surface area contributed by atoms with Gasteiger partial charge in [-0.15, -0.1) is 0 Å². The molecule has 1 rings (SSSR count). The van der Waals surface area contributed by atoms with Gasteiger partial charge in [-0.2, -0.15) is 0 Å². The second-order valence-corrected chi connectivity index (χ2v) is 3.32. The fourth-order valence-corrected chi connectivity index (χ4v) is 1.35. The molecule has 1 aliphatic heterocycles. The van der Waals surface area contributed by atoms with Gasteiger partial charge >= 0.3 is 5.97 Å². The first-order valence-corrected chi connectivity index (χ1v) is 4.90. The molecule has 0 bridgehead atoms. The van der Waals surface area contributed by atoms with Gasteiger partial charge in [0.15, 0.2) is 0 Å². The van der Waals surface area contributed by atoms with Crippen LogP contribution in [0.1, 0.15) is 12.8 Å². The van der Waals surface area contributed by atoms with Crippen molar-refractivity contribution in [3.63, 3.8) is 0 Å². The fourth-order valence-electron chi connectivity index (χ4n) is 1.35. The molecular formula is C11H15NO3. The van der Waals surface area contributed by atoms with Crippen LogP contribution < -0.4 is 5.32 Å². The van der Waals surface area contributed by atoms with E-state index in [0.717, 1.165) is 6.54 Å². The molecule has 0 radical (unpaired) electrons. The van der Waals surface area contributed by atoms with Crippen molar-refractivity contribution in [2.24, 2.45) is 0 Å². The van der Waals surface area contributed by atoms with Crippen LogP contribution in [0.5, 0.6) is 0 Å². The molecule has 0 aromatic carbocycles. The third-order valence-electron chi connectivity index (χ3n) is 2.15. The van der Waals surface area contributed by atoms with E-state index in [1.165, 1.54) is 13.2 Å². The number of carbonyl (C=O) groups is 2. The average molecular weight is 209 g/mol. The van der Waals surface area contributed by atoms with Gasteiger partial charge < -0.3 is 10.1 Å². The first kappa shape index (κ1) is 11.7. The maximum absolute atomic E-state index is 11.1. The van der Waals surface area contributed by atoms with Crippen molar-refractivity contribution in [3.05, 3.63) is 24.3 Å². The number of ether oxygens (including phenoxy) is 1. The van der Waals surface area contributed by atoms with E-state index in [9.17, 15) is 9.59 Å². The quantitative estimate of drug-likeness (QED) is 0.420. The SMILES string of the molecule is COC(=O)/C=C/C=C/[C@H]1CC(=O)CCN1. The number of nitrogens with one attached hydrogen (secondary N) is 1. The molecule has 0 aromatic heterocycles. The zero-order chi connectivity index (χ0) is 11.1. The van der Waals surface area contributed by atoms with Crippen molar-refractivity contribution in [1.29, 1.82) is 0 Å². The molecule has 0 spiro atoms. The van der Waals surface area contributed by atoms with E-state index in [1.807, 2.05) is 6.08 Å². The highest BCUT2D eigenvalue weighted by Crippen LogP contribution is 2.04. The Morgan fingerprint density at radius 3 is 3.00 bits per heavy atom. The van der Waals surface area contributed by atoms with Crippen LogP contribution in [0.4, 0.5) is 0 Å². The molecule has 0 saturated carbocycles. The van der Waals surface area contributed by atoms with Crippen LogP contribution in [-0.2, 0) is 14.3 Å². The van der Waals surface area contributed by atoms with E-state index in [2.05, 4.69) is 10.1 Å². The molecular weight excluding hydrogens is 194 g/mol. The Kier molecular flexibility index (Phi) is 4.77. The third-order valence-corrected chi connectivity index (χ3v) is 2.15. The van der Waals surface area contributed by atoms with Gasteiger partial charge in [-0.1, -0.05) is 18.2 Å². The van der Waals surface area contributed by atoms with Crippen LogP contribution >= 0.6 is 0 Å². The van der Waals surface area contributed by atoms with Crippen LogP contribution in [0, 0.1) is 0 Å². The van der Waals surface area contributed by atoms with Gasteiger partial charge in [0.1, 0.15) is 5.78 Å². The topological polar surface area (TPSA) is 55.4 Å². The maximum atomic E-state index is 11.1. The number of rotatable bonds is 3. The Hall–Kier alpha value is -1.42. The number of ketones is 1. The summed E-state index contributed by atoms with van der Waals surface area (Å²) in [6, 6.07) is 0.0912. The Balaban J connectivity index is 2.34. The summed E-state index contributed by atoms with van der Waals surface area (Å²) < 4.78 is 4.43. The summed E-state index contributed by atoms with van der Waals surface area (Å²) in [5.74, 6) is -0.104. The van der Waals surface area contributed by atoms with Gasteiger partial charge in [0.2, 0.25) is 0 Å². The molecule has 1 saturated heterocycles. The number of carbonyl (C=O) groups excluding carboxylic acids is 2. The normalized spacial score (nSPS) is 22.5. The Morgan fingerprint density at radius 2 is 2.33 bits per heavy atom. The van der Waals surface area contributed by atoms with E-state index in [0.29, 0.717) is 12.8 Å². The molecule has 4 nitrogen and oxygen atoms in total. The number of hydrogen-bond acceptors (Lipinski definition) is 4. The molecule has 0 amide bonds. The monoisotopic (exact) mass is 209 g/mol. The minimum Gasteiger partial charge on any atom is -0.466 e. The summed E-state index contributed by atoms with van der Waals surface area (Å²) in [6.45, 7) is 0.731. The predicted molar refractivity (Wildman–Crippen MR) is 56.3 cm³/mol. The summed E-state index contributed by atoms with van der Waals surface area (Å²) in [4.78, 5) is 21.8. The number of piperidine rings is 1. The Labute approximate surface area is 89.0 Å². The molecule has 1 aliphatic rings. The lowest BCUT2D eigenvalue weighted by molar-refractivity contribution is -0.134. The summed E-state index contributed by atoms with van der Waals surface area (Å²) in [6.07, 6.45) is 7.70. The Bertz CT molecular complexity index is 294. The van der Waals surface area contributed by atoms with E-state index in [-0.39, 0.29) is 17.8 Å². The van der Waals surface area contributed by atoms with Gasteiger partial charge in [-0.05, 0) is 0 Å². The van der Waals surface area contributed by atoms with Crippen LogP contribution in [0.3, 0.4) is 0 Å². The smallest absolute Gasteiger partial charge is 0.330 e. The van der Waals surface area contributed by atoms with Gasteiger partial charge in [-0.3, -0.25) is 4.79 Å². The molecule has 0 unspecified atom stereocenters. The van der Waals surface area contributed by atoms with Crippen molar-refractivity contribution in [2.45, 2.75) is 18.9 Å². The van der Waals surface area contributed by atoms with Gasteiger partial charge in [-0.25, -0.2) is 4.79 Å². The highest BCUT2D eigenvalue weighted by atomic mass is 16.5. The molecule has 1 fully saturated rings. The molecule has 0 aromatic rings. The van der Waals surface area contributed by atoms with Crippen molar-refractivity contribution in [1.82, 2.24) is 5.32 Å². The van der Waals surface area contributed by atoms with E-state index in [4.69, 9.17) is 0 Å². The Morgan fingerprint density at radius 1 is 1.53 bits per heavy atom. The number of Topliss-reactive ketones (excluding diaryl/α,β-unsaturated/α-hetero) is 1. The zero-order valence-corrected chi connectivity index (χ0v) is 8.73. The fraction of sp³-hybridized carbons (Fsp3) is 0.455. The first-order valence-electron chi connectivity index (χ1n) is 4.90. The van der Waals surface area contributed by atoms with E-state index in [1.54, 1.807) is 12.2 Å². The van der Waals surface area contributed by atoms with Gasteiger partial charge in [0.05, 0.1) is 7.11 Å². The van der Waals surface area contributed by atoms with Crippen molar-refractivity contribution in [2.75, 3.05) is 13.7 Å². The van der Waals surface area contributed by atoms with Crippen LogP contribution in [-0.4, -0.2) is 31.4 Å². The molecule has 15 heavy (non-hydrogen) atoms. The second-order valence-electron chi connectivity index (χ2n) is 3.32. The van der Waals surface area contributed by atoms with Gasteiger partial charge in [0.25, 0.3) is 0 Å². The second kappa shape index (κ2) is 6.14. The lowest BCUT2D eigenvalue weighted by atomic mass is 10.0. The summed E-state index contributed by atoms with van der Waals surface area (Å²) in [5.41, 5.74) is 0. The average Bonchev–Trinajstić information content (AvgIpc) is 2.24. The number of esters is 1. The third kappa shape index (κ3) is 4.56. The van der Waals surface area contributed by atoms with Crippen LogP contribution in [0.15, 0.2) is 24.3 Å². The minimum atomic E-state index is -0.382. The zero-order valence-electron chi connectivity index (χ0n) is 8.73. The maximum Gasteiger partial charge on any atom is 0.330 e. The molecule has 4 heteroatoms. The first-order chi connectivity index (χ1) is 7.22. The summed E-state index contributed by atoms with van der Waals surface area (Å²) >= 11 is 0. The molecule has 1 atom stereocenters. The molecule has 0 aliphatic carbocycles. The number of hydrogen-bond donors (Lipinski definition) is 1. The van der Waals surface area contributed by atoms with Crippen molar-refractivity contribution < 1.29 is 14.3 Å². The highest BCUT2D eigenvalue weighted by molar-refractivity contribution is 5.82. The number of methoxy groups -OCH3 is 1. The van der Waals surface area contributed by atoms with Crippen LogP contribution in [0.2, 0.25) is 0 Å². The summed E-state index contributed by atoms with van der Waals surface area (Å²) in [5, 5.41) is 3.19. The van der Waals surface area contributed by atoms with E-state index >= 15 is 0 Å². The molecule has 1 N–H and O–H groups in total. The lowest BCUT2D eigenvalue weighted by Gasteiger charge is -2.18. The highest BCUT2D eigenvalue weighted by Gasteiger charge is 2.15. The van der Waals surface area contributed by atoms with Crippen LogP contribution in [0.25, 0.3) is 0 Å². The lowest BCUT2D eigenvalue weighted by Crippen LogP contribution is -2.36. The predicted octanol–water partition coefficient (Wildman–Crippen LogP) is 0.593. The standard InChI is InChI=1S/C11H15NO3/c1-15-11(14)5-3-2-4-9-8-10(13)6-7-12-9/h2-5,9,12H,6-8H2,1H3/b4-2+,5-3+/t9-/m0/s1. The summed E-state index contributed by atoms with van der Waals surface area (Å²) in [7, 11) is 1.33.